The molecule has 0 aliphatic carbocycles. The summed E-state index contributed by atoms with van der Waals surface area (Å²) in [6, 6.07) is 2.45. The third-order valence-electron chi connectivity index (χ3n) is 1.80. The molecule has 0 heterocycles. The molecule has 1 aromatic carbocycles. The normalized spacial score (nSPS) is 9.73. The second-order valence-corrected chi connectivity index (χ2v) is 3.01. The van der Waals surface area contributed by atoms with Gasteiger partial charge in [-0.3, -0.25) is 10.1 Å². The summed E-state index contributed by atoms with van der Waals surface area (Å²) in [6.45, 7) is 0. The Morgan fingerprint density at radius 3 is 2.60 bits per heavy atom. The first-order valence-electron chi connectivity index (χ1n) is 3.87. The van der Waals surface area contributed by atoms with Gasteiger partial charge in [-0.2, -0.15) is 0 Å². The zero-order valence-electron chi connectivity index (χ0n) is 7.65. The number of nitro groups is 1. The second kappa shape index (κ2) is 4.14. The molecule has 0 spiro atoms. The van der Waals surface area contributed by atoms with E-state index < -0.39 is 16.6 Å². The van der Waals surface area contributed by atoms with Crippen LogP contribution in [0.1, 0.15) is 10.4 Å². The third kappa shape index (κ3) is 1.99. The molecule has 0 radical (unpaired) electrons. The summed E-state index contributed by atoms with van der Waals surface area (Å²) in [4.78, 5) is 20.6. The van der Waals surface area contributed by atoms with Crippen molar-refractivity contribution in [1.82, 2.24) is 0 Å². The molecule has 7 heteroatoms. The van der Waals surface area contributed by atoms with Crippen molar-refractivity contribution < 1.29 is 14.8 Å². The summed E-state index contributed by atoms with van der Waals surface area (Å²) >= 11 is 5.62. The number of benzene rings is 1. The standard InChI is InChI=1S/C8H7ClN2O4/c1-10-4-2-3-5(11(14)15)7(9)6(4)8(12)13/h2-3,10H,1H3,(H,12,13). The summed E-state index contributed by atoms with van der Waals surface area (Å²) in [5, 5.41) is 21.6. The molecular formula is C8H7ClN2O4. The van der Waals surface area contributed by atoms with Crippen molar-refractivity contribution in [2.45, 2.75) is 0 Å². The van der Waals surface area contributed by atoms with E-state index in [0.717, 1.165) is 6.07 Å². The van der Waals surface area contributed by atoms with E-state index in [1.54, 1.807) is 0 Å². The number of aromatic carboxylic acids is 1. The van der Waals surface area contributed by atoms with E-state index in [4.69, 9.17) is 16.7 Å². The van der Waals surface area contributed by atoms with Gasteiger partial charge in [0.2, 0.25) is 0 Å². The van der Waals surface area contributed by atoms with E-state index in [0.29, 0.717) is 0 Å². The van der Waals surface area contributed by atoms with Crippen molar-refractivity contribution in [3.05, 3.63) is 32.8 Å². The van der Waals surface area contributed by atoms with Gasteiger partial charge in [-0.15, -0.1) is 0 Å². The summed E-state index contributed by atoms with van der Waals surface area (Å²) in [5.74, 6) is -1.31. The molecule has 80 valence electrons. The molecule has 0 aliphatic heterocycles. The topological polar surface area (TPSA) is 92.5 Å². The van der Waals surface area contributed by atoms with Gasteiger partial charge >= 0.3 is 5.97 Å². The fourth-order valence-corrected chi connectivity index (χ4v) is 1.44. The molecule has 0 fully saturated rings. The van der Waals surface area contributed by atoms with Crippen molar-refractivity contribution in [3.8, 4) is 0 Å². The molecule has 1 rings (SSSR count). The average molecular weight is 231 g/mol. The minimum absolute atomic E-state index is 0.234. The number of anilines is 1. The molecule has 2 N–H and O–H groups in total. The molecule has 0 bridgehead atoms. The van der Waals surface area contributed by atoms with Gasteiger partial charge < -0.3 is 10.4 Å². The molecule has 0 unspecified atom stereocenters. The van der Waals surface area contributed by atoms with E-state index in [-0.39, 0.29) is 16.3 Å². The average Bonchev–Trinajstić information content (AvgIpc) is 2.15. The van der Waals surface area contributed by atoms with Gasteiger partial charge in [0.05, 0.1) is 10.6 Å². The lowest BCUT2D eigenvalue weighted by Gasteiger charge is -2.06. The van der Waals surface area contributed by atoms with E-state index in [2.05, 4.69) is 5.32 Å². The Kier molecular flexibility index (Phi) is 3.11. The number of nitrogens with zero attached hydrogens (tertiary/aromatic N) is 1. The van der Waals surface area contributed by atoms with Gasteiger partial charge in [-0.25, -0.2) is 4.79 Å². The molecule has 6 nitrogen and oxygen atoms in total. The molecule has 0 amide bonds. The van der Waals surface area contributed by atoms with Crippen LogP contribution in [-0.4, -0.2) is 23.0 Å². The fraction of sp³-hybridized carbons (Fsp3) is 0.125. The van der Waals surface area contributed by atoms with E-state index >= 15 is 0 Å². The molecule has 0 saturated heterocycles. The first-order chi connectivity index (χ1) is 6.99. The number of halogens is 1. The van der Waals surface area contributed by atoms with Crippen molar-refractivity contribution >= 4 is 28.9 Å². The monoisotopic (exact) mass is 230 g/mol. The number of nitro benzene ring substituents is 1. The second-order valence-electron chi connectivity index (χ2n) is 2.63. The van der Waals surface area contributed by atoms with Crippen LogP contribution in [0.2, 0.25) is 5.02 Å². The van der Waals surface area contributed by atoms with Crippen LogP contribution < -0.4 is 5.32 Å². The lowest BCUT2D eigenvalue weighted by atomic mass is 10.1. The zero-order chi connectivity index (χ0) is 11.6. The smallest absolute Gasteiger partial charge is 0.339 e. The molecule has 0 aliphatic rings. The number of nitrogens with one attached hydrogen (secondary N) is 1. The quantitative estimate of drug-likeness (QED) is 0.612. The number of rotatable bonds is 3. The largest absolute Gasteiger partial charge is 0.478 e. The minimum atomic E-state index is -1.31. The van der Waals surface area contributed by atoms with Crippen LogP contribution in [0.4, 0.5) is 11.4 Å². The lowest BCUT2D eigenvalue weighted by molar-refractivity contribution is -0.384. The van der Waals surface area contributed by atoms with Crippen molar-refractivity contribution in [2.75, 3.05) is 12.4 Å². The third-order valence-corrected chi connectivity index (χ3v) is 2.18. The maximum absolute atomic E-state index is 10.8. The van der Waals surface area contributed by atoms with Crippen molar-refractivity contribution in [1.29, 1.82) is 0 Å². The summed E-state index contributed by atoms with van der Waals surface area (Å²) < 4.78 is 0. The number of hydrogen-bond donors (Lipinski definition) is 2. The number of carbonyl (C=O) groups is 1. The molecule has 0 atom stereocenters. The summed E-state index contributed by atoms with van der Waals surface area (Å²) in [6.07, 6.45) is 0. The van der Waals surface area contributed by atoms with Crippen LogP contribution in [0.3, 0.4) is 0 Å². The van der Waals surface area contributed by atoms with Crippen LogP contribution in [-0.2, 0) is 0 Å². The molecule has 0 saturated carbocycles. The van der Waals surface area contributed by atoms with Gasteiger partial charge in [0, 0.05) is 13.1 Å². The van der Waals surface area contributed by atoms with Gasteiger partial charge in [0.25, 0.3) is 5.69 Å². The first-order valence-corrected chi connectivity index (χ1v) is 4.24. The zero-order valence-corrected chi connectivity index (χ0v) is 8.41. The van der Waals surface area contributed by atoms with Crippen LogP contribution in [0.15, 0.2) is 12.1 Å². The highest BCUT2D eigenvalue weighted by atomic mass is 35.5. The van der Waals surface area contributed by atoms with Gasteiger partial charge in [0.1, 0.15) is 10.6 Å². The van der Waals surface area contributed by atoms with Gasteiger partial charge in [0.15, 0.2) is 0 Å². The highest BCUT2D eigenvalue weighted by Crippen LogP contribution is 2.32. The van der Waals surface area contributed by atoms with E-state index in [1.807, 2.05) is 0 Å². The van der Waals surface area contributed by atoms with Crippen LogP contribution in [0.25, 0.3) is 0 Å². The predicted molar refractivity (Wildman–Crippen MR) is 54.6 cm³/mol. The molecular weight excluding hydrogens is 224 g/mol. The van der Waals surface area contributed by atoms with Crippen molar-refractivity contribution in [2.24, 2.45) is 0 Å². The molecule has 1 aromatic rings. The van der Waals surface area contributed by atoms with Gasteiger partial charge in [-0.05, 0) is 6.07 Å². The summed E-state index contributed by atoms with van der Waals surface area (Å²) in [5.41, 5.74) is -0.487. The Labute approximate surface area is 89.6 Å². The Balaban J connectivity index is 3.49. The fourth-order valence-electron chi connectivity index (χ4n) is 1.12. The molecule has 0 aromatic heterocycles. The molecule has 15 heavy (non-hydrogen) atoms. The Hall–Kier alpha value is -1.82. The van der Waals surface area contributed by atoms with Crippen molar-refractivity contribution in [3.63, 3.8) is 0 Å². The van der Waals surface area contributed by atoms with Crippen LogP contribution in [0, 0.1) is 10.1 Å². The van der Waals surface area contributed by atoms with E-state index in [9.17, 15) is 14.9 Å². The Morgan fingerprint density at radius 2 is 2.20 bits per heavy atom. The number of carboxylic acid groups (broad SMARTS) is 1. The maximum Gasteiger partial charge on any atom is 0.339 e. The predicted octanol–water partition coefficient (Wildman–Crippen LogP) is 1.99. The highest BCUT2D eigenvalue weighted by Gasteiger charge is 2.23. The SMILES string of the molecule is CNc1ccc([N+](=O)[O-])c(Cl)c1C(=O)O. The van der Waals surface area contributed by atoms with E-state index in [1.165, 1.54) is 13.1 Å². The first kappa shape index (κ1) is 11.3. The lowest BCUT2D eigenvalue weighted by Crippen LogP contribution is -2.05. The number of hydrogen-bond acceptors (Lipinski definition) is 4. The van der Waals surface area contributed by atoms with Gasteiger partial charge in [-0.1, -0.05) is 11.6 Å². The summed E-state index contributed by atoms with van der Waals surface area (Å²) in [7, 11) is 1.50. The Bertz CT molecular complexity index is 433. The highest BCUT2D eigenvalue weighted by molar-refractivity contribution is 6.36. The number of carboxylic acids is 1. The maximum atomic E-state index is 10.8. The Morgan fingerprint density at radius 1 is 1.60 bits per heavy atom. The van der Waals surface area contributed by atoms with Crippen LogP contribution >= 0.6 is 11.6 Å². The minimum Gasteiger partial charge on any atom is -0.478 e. The van der Waals surface area contributed by atoms with Crippen LogP contribution in [0.5, 0.6) is 0 Å².